The Bertz CT molecular complexity index is 1410. The van der Waals surface area contributed by atoms with E-state index >= 15 is 0 Å². The lowest BCUT2D eigenvalue weighted by atomic mass is 10.2. The molecule has 0 bridgehead atoms. The minimum absolute atomic E-state index is 0.0888. The van der Waals surface area contributed by atoms with Gasteiger partial charge in [0, 0.05) is 37.5 Å². The number of hydrogen-bond donors (Lipinski definition) is 2. The summed E-state index contributed by atoms with van der Waals surface area (Å²) in [4.78, 5) is 19.5. The molecule has 5 aromatic rings. The van der Waals surface area contributed by atoms with E-state index in [0.717, 1.165) is 11.1 Å². The molecule has 0 aliphatic rings. The maximum atomic E-state index is 14.0. The number of nitrogens with one attached hydrogen (secondary N) is 2. The molecule has 0 saturated heterocycles. The van der Waals surface area contributed by atoms with E-state index in [2.05, 4.69) is 32.7 Å². The molecule has 164 valence electrons. The molecule has 0 unspecified atom stereocenters. The second-order valence-corrected chi connectivity index (χ2v) is 7.56. The van der Waals surface area contributed by atoms with Crippen LogP contribution in [-0.4, -0.2) is 37.8 Å². The van der Waals surface area contributed by atoms with Crippen molar-refractivity contribution < 1.29 is 9.18 Å². The highest BCUT2D eigenvalue weighted by atomic mass is 19.1. The minimum atomic E-state index is -0.525. The number of amides is 1. The monoisotopic (exact) mass is 441 g/mol. The first-order chi connectivity index (χ1) is 16.1. The smallest absolute Gasteiger partial charge is 0.276 e. The van der Waals surface area contributed by atoms with Gasteiger partial charge in [0.1, 0.15) is 11.6 Å². The van der Waals surface area contributed by atoms with Gasteiger partial charge in [-0.05, 0) is 17.7 Å². The number of halogens is 1. The molecule has 1 amide bonds. The van der Waals surface area contributed by atoms with Gasteiger partial charge in [0.15, 0.2) is 11.3 Å². The number of carbonyl (C=O) groups excluding carboxylic acids is 1. The SMILES string of the molecule is CN(Cc1ccccc1)c1cc(-c2cn[nH]c2)n2nc(C(=O)Nc3ccccc3F)cc2n1. The predicted octanol–water partition coefficient (Wildman–Crippen LogP) is 4.15. The van der Waals surface area contributed by atoms with Crippen LogP contribution in [0.15, 0.2) is 79.1 Å². The number of benzene rings is 2. The molecule has 2 N–H and O–H groups in total. The number of nitrogens with zero attached hydrogens (tertiary/aromatic N) is 5. The Morgan fingerprint density at radius 1 is 1.12 bits per heavy atom. The predicted molar refractivity (Wildman–Crippen MR) is 123 cm³/mol. The van der Waals surface area contributed by atoms with Gasteiger partial charge >= 0.3 is 0 Å². The largest absolute Gasteiger partial charge is 0.355 e. The van der Waals surface area contributed by atoms with Crippen molar-refractivity contribution in [1.29, 1.82) is 0 Å². The van der Waals surface area contributed by atoms with Crippen molar-refractivity contribution in [2.45, 2.75) is 6.54 Å². The van der Waals surface area contributed by atoms with Gasteiger partial charge < -0.3 is 10.2 Å². The number of H-pyrrole nitrogens is 1. The minimum Gasteiger partial charge on any atom is -0.355 e. The lowest BCUT2D eigenvalue weighted by Crippen LogP contribution is -2.18. The topological polar surface area (TPSA) is 91.2 Å². The number of carbonyl (C=O) groups is 1. The van der Waals surface area contributed by atoms with E-state index in [9.17, 15) is 9.18 Å². The molecule has 9 heteroatoms. The fourth-order valence-corrected chi connectivity index (χ4v) is 3.55. The van der Waals surface area contributed by atoms with Crippen molar-refractivity contribution >= 4 is 23.1 Å². The fourth-order valence-electron chi connectivity index (χ4n) is 3.55. The number of fused-ring (bicyclic) bond motifs is 1. The summed E-state index contributed by atoms with van der Waals surface area (Å²) in [7, 11) is 1.95. The average Bonchev–Trinajstić information content (AvgIpc) is 3.51. The molecule has 33 heavy (non-hydrogen) atoms. The van der Waals surface area contributed by atoms with E-state index < -0.39 is 11.7 Å². The Morgan fingerprint density at radius 2 is 1.91 bits per heavy atom. The van der Waals surface area contributed by atoms with Gasteiger partial charge in [0.2, 0.25) is 0 Å². The third kappa shape index (κ3) is 4.16. The quantitative estimate of drug-likeness (QED) is 0.413. The van der Waals surface area contributed by atoms with E-state index in [4.69, 9.17) is 4.98 Å². The zero-order valence-electron chi connectivity index (χ0n) is 17.7. The first-order valence-electron chi connectivity index (χ1n) is 10.3. The fraction of sp³-hybridized carbons (Fsp3) is 0.0833. The van der Waals surface area contributed by atoms with Crippen molar-refractivity contribution in [1.82, 2.24) is 24.8 Å². The summed E-state index contributed by atoms with van der Waals surface area (Å²) >= 11 is 0. The summed E-state index contributed by atoms with van der Waals surface area (Å²) in [6.45, 7) is 0.656. The number of hydrogen-bond acceptors (Lipinski definition) is 5. The van der Waals surface area contributed by atoms with Gasteiger partial charge in [0.25, 0.3) is 5.91 Å². The van der Waals surface area contributed by atoms with E-state index in [-0.39, 0.29) is 11.4 Å². The second kappa shape index (κ2) is 8.54. The first kappa shape index (κ1) is 20.4. The van der Waals surface area contributed by atoms with Crippen LogP contribution < -0.4 is 10.2 Å². The van der Waals surface area contributed by atoms with Crippen LogP contribution in [0.25, 0.3) is 16.9 Å². The molecular weight excluding hydrogens is 421 g/mol. The van der Waals surface area contributed by atoms with Crippen molar-refractivity contribution in [3.63, 3.8) is 0 Å². The summed E-state index contributed by atoms with van der Waals surface area (Å²) in [5.74, 6) is -0.330. The summed E-state index contributed by atoms with van der Waals surface area (Å²) < 4.78 is 15.6. The Balaban J connectivity index is 1.53. The highest BCUT2D eigenvalue weighted by Gasteiger charge is 2.18. The normalized spacial score (nSPS) is 11.0. The molecule has 3 heterocycles. The van der Waals surface area contributed by atoms with Crippen LogP contribution in [0.1, 0.15) is 16.1 Å². The zero-order chi connectivity index (χ0) is 22.8. The van der Waals surface area contributed by atoms with E-state index in [0.29, 0.717) is 23.7 Å². The van der Waals surface area contributed by atoms with Crippen LogP contribution in [0, 0.1) is 5.82 Å². The van der Waals surface area contributed by atoms with Gasteiger partial charge in [-0.1, -0.05) is 42.5 Å². The van der Waals surface area contributed by atoms with Crippen LogP contribution in [0.3, 0.4) is 0 Å². The molecule has 0 saturated carbocycles. The molecule has 0 atom stereocenters. The van der Waals surface area contributed by atoms with Crippen LogP contribution in [0.2, 0.25) is 0 Å². The standard InChI is InChI=1S/C24H20FN7O/c1-31(15-16-7-3-2-4-8-16)22-12-21(17-13-26-27-14-17)32-23(29-22)11-20(30-32)24(33)28-19-10-6-5-9-18(19)25/h2-14H,15H2,1H3,(H,26,27)(H,28,33). The van der Waals surface area contributed by atoms with Crippen LogP contribution in [-0.2, 0) is 6.54 Å². The zero-order valence-corrected chi connectivity index (χ0v) is 17.7. The molecule has 0 spiro atoms. The number of para-hydroxylation sites is 1. The van der Waals surface area contributed by atoms with Gasteiger partial charge in [0.05, 0.1) is 17.6 Å². The summed E-state index contributed by atoms with van der Waals surface area (Å²) in [5, 5.41) is 13.8. The van der Waals surface area contributed by atoms with Crippen molar-refractivity contribution in [2.24, 2.45) is 0 Å². The molecule has 5 rings (SSSR count). The Hall–Kier alpha value is -4.53. The maximum Gasteiger partial charge on any atom is 0.276 e. The van der Waals surface area contributed by atoms with Gasteiger partial charge in [-0.25, -0.2) is 13.9 Å². The molecule has 0 aliphatic heterocycles. The van der Waals surface area contributed by atoms with Crippen molar-refractivity contribution in [3.8, 4) is 11.3 Å². The number of aromatic nitrogens is 5. The maximum absolute atomic E-state index is 14.0. The highest BCUT2D eigenvalue weighted by Crippen LogP contribution is 2.25. The highest BCUT2D eigenvalue weighted by molar-refractivity contribution is 6.03. The van der Waals surface area contributed by atoms with E-state index in [1.54, 1.807) is 35.1 Å². The lowest BCUT2D eigenvalue weighted by Gasteiger charge is -2.19. The Morgan fingerprint density at radius 3 is 2.67 bits per heavy atom. The van der Waals surface area contributed by atoms with Gasteiger partial charge in [-0.15, -0.1) is 0 Å². The second-order valence-electron chi connectivity index (χ2n) is 7.56. The molecule has 0 radical (unpaired) electrons. The number of aromatic amines is 1. The van der Waals surface area contributed by atoms with Crippen LogP contribution in [0.4, 0.5) is 15.9 Å². The molecule has 0 fully saturated rings. The van der Waals surface area contributed by atoms with Crippen molar-refractivity contribution in [3.05, 3.63) is 96.2 Å². The third-order valence-corrected chi connectivity index (χ3v) is 5.22. The van der Waals surface area contributed by atoms with Gasteiger partial charge in [-0.3, -0.25) is 9.89 Å². The molecule has 0 aliphatic carbocycles. The van der Waals surface area contributed by atoms with Crippen molar-refractivity contribution in [2.75, 3.05) is 17.3 Å². The summed E-state index contributed by atoms with van der Waals surface area (Å²) in [6.07, 6.45) is 3.42. The Labute approximate surface area is 188 Å². The molecule has 2 aromatic carbocycles. The van der Waals surface area contributed by atoms with E-state index in [1.165, 1.54) is 12.1 Å². The van der Waals surface area contributed by atoms with E-state index in [1.807, 2.05) is 36.2 Å². The number of anilines is 2. The Kier molecular flexibility index (Phi) is 5.27. The third-order valence-electron chi connectivity index (χ3n) is 5.22. The lowest BCUT2D eigenvalue weighted by molar-refractivity contribution is 0.102. The van der Waals surface area contributed by atoms with Gasteiger partial charge in [-0.2, -0.15) is 10.2 Å². The first-order valence-corrected chi connectivity index (χ1v) is 10.3. The number of rotatable bonds is 6. The summed E-state index contributed by atoms with van der Waals surface area (Å²) in [5.41, 5.74) is 3.35. The summed E-state index contributed by atoms with van der Waals surface area (Å²) in [6, 6.07) is 19.5. The molecule has 3 aromatic heterocycles. The molecule has 8 nitrogen and oxygen atoms in total. The average molecular weight is 441 g/mol. The van der Waals surface area contributed by atoms with Crippen LogP contribution >= 0.6 is 0 Å². The molecular formula is C24H20FN7O. The van der Waals surface area contributed by atoms with Crippen LogP contribution in [0.5, 0.6) is 0 Å².